The van der Waals surface area contributed by atoms with Crippen molar-refractivity contribution >= 4 is 17.6 Å². The van der Waals surface area contributed by atoms with Gasteiger partial charge in [-0.1, -0.05) is 37.4 Å². The number of aryl methyl sites for hydroxylation is 1. The lowest BCUT2D eigenvalue weighted by Gasteiger charge is -2.46. The molecule has 2 N–H and O–H groups in total. The van der Waals surface area contributed by atoms with Crippen molar-refractivity contribution in [1.82, 2.24) is 0 Å². The lowest BCUT2D eigenvalue weighted by atomic mass is 9.67. The first-order valence-corrected chi connectivity index (χ1v) is 9.81. The highest BCUT2D eigenvalue weighted by Gasteiger charge is 2.47. The summed E-state index contributed by atoms with van der Waals surface area (Å²) in [5.41, 5.74) is 1.45. The highest BCUT2D eigenvalue weighted by molar-refractivity contribution is 6.33. The molecule has 2 aliphatic rings. The van der Waals surface area contributed by atoms with Crippen LogP contribution in [-0.4, -0.2) is 21.8 Å². The molecule has 142 valence electrons. The summed E-state index contributed by atoms with van der Waals surface area (Å²) >= 11 is 6.66. The van der Waals surface area contributed by atoms with E-state index in [-0.39, 0.29) is 17.6 Å². The molecule has 3 rings (SSSR count). The van der Waals surface area contributed by atoms with Gasteiger partial charge in [0.25, 0.3) is 0 Å². The van der Waals surface area contributed by atoms with Crippen molar-refractivity contribution in [3.63, 3.8) is 0 Å². The Labute approximate surface area is 159 Å². The van der Waals surface area contributed by atoms with Crippen molar-refractivity contribution in [3.8, 4) is 11.5 Å². The number of hydrogen-bond acceptors (Lipinski definition) is 3. The normalized spacial score (nSPS) is 23.5. The summed E-state index contributed by atoms with van der Waals surface area (Å²) in [6.07, 6.45) is 7.04. The van der Waals surface area contributed by atoms with Crippen molar-refractivity contribution in [2.24, 2.45) is 5.92 Å². The second kappa shape index (κ2) is 7.15. The second-order valence-electron chi connectivity index (χ2n) is 7.94. The number of carboxylic acids is 1. The molecule has 26 heavy (non-hydrogen) atoms. The van der Waals surface area contributed by atoms with E-state index in [1.165, 1.54) is 0 Å². The fourth-order valence-electron chi connectivity index (χ4n) is 4.34. The van der Waals surface area contributed by atoms with Gasteiger partial charge < -0.3 is 14.9 Å². The number of aliphatic carboxylic acids is 1. The molecule has 0 bridgehead atoms. The van der Waals surface area contributed by atoms with E-state index in [0.717, 1.165) is 31.2 Å². The molecular weight excluding hydrogens is 352 g/mol. The molecule has 0 saturated carbocycles. The van der Waals surface area contributed by atoms with Crippen molar-refractivity contribution in [3.05, 3.63) is 33.9 Å². The first-order chi connectivity index (χ1) is 12.3. The minimum absolute atomic E-state index is 0.103. The van der Waals surface area contributed by atoms with Crippen LogP contribution in [0.2, 0.25) is 5.02 Å². The summed E-state index contributed by atoms with van der Waals surface area (Å²) in [6.45, 7) is 6.18. The number of allylic oxidation sites excluding steroid dienone is 1. The first-order valence-electron chi connectivity index (χ1n) is 9.43. The average Bonchev–Trinajstić information content (AvgIpc) is 2.58. The Kier molecular flexibility index (Phi) is 5.25. The van der Waals surface area contributed by atoms with Gasteiger partial charge in [-0.25, -0.2) is 4.79 Å². The first kappa shape index (κ1) is 19.1. The van der Waals surface area contributed by atoms with Crippen LogP contribution in [0.25, 0.3) is 0 Å². The largest absolute Gasteiger partial charge is 0.507 e. The number of carbonyl (C=O) groups is 1. The van der Waals surface area contributed by atoms with Gasteiger partial charge in [-0.3, -0.25) is 0 Å². The van der Waals surface area contributed by atoms with Crippen LogP contribution in [0.1, 0.15) is 69.9 Å². The van der Waals surface area contributed by atoms with E-state index in [2.05, 4.69) is 6.92 Å². The number of benzene rings is 1. The smallest absolute Gasteiger partial charge is 0.331 e. The molecule has 1 aliphatic heterocycles. The van der Waals surface area contributed by atoms with Crippen LogP contribution < -0.4 is 4.74 Å². The summed E-state index contributed by atoms with van der Waals surface area (Å²) < 4.78 is 6.27. The standard InChI is InChI=1S/C21H27ClO4/c1-4-5-6-7-12-11-16(23)17-14-10-13(20(24)25)8-9-15(14)21(2,3)26-19(17)18(12)22/h10-11,14-15,23H,4-9H2,1-3H3,(H,24,25). The van der Waals surface area contributed by atoms with Gasteiger partial charge in [0, 0.05) is 23.0 Å². The molecule has 1 aliphatic carbocycles. The maximum absolute atomic E-state index is 11.5. The van der Waals surface area contributed by atoms with Crippen LogP contribution in [0.4, 0.5) is 0 Å². The number of fused-ring (bicyclic) bond motifs is 3. The summed E-state index contributed by atoms with van der Waals surface area (Å²) in [4.78, 5) is 11.5. The van der Waals surface area contributed by atoms with E-state index in [1.807, 2.05) is 13.8 Å². The summed E-state index contributed by atoms with van der Waals surface area (Å²) in [5, 5.41) is 20.7. The third-order valence-electron chi connectivity index (χ3n) is 5.77. The minimum Gasteiger partial charge on any atom is -0.507 e. The number of phenols is 1. The molecule has 2 unspecified atom stereocenters. The summed E-state index contributed by atoms with van der Waals surface area (Å²) in [5.74, 6) is -0.311. The Morgan fingerprint density at radius 2 is 2.12 bits per heavy atom. The predicted octanol–water partition coefficient (Wildman–Crippen LogP) is 5.45. The predicted molar refractivity (Wildman–Crippen MR) is 102 cm³/mol. The van der Waals surface area contributed by atoms with Crippen molar-refractivity contribution in [2.75, 3.05) is 0 Å². The Morgan fingerprint density at radius 3 is 2.77 bits per heavy atom. The van der Waals surface area contributed by atoms with E-state index in [4.69, 9.17) is 16.3 Å². The molecule has 0 aromatic heterocycles. The van der Waals surface area contributed by atoms with Crippen molar-refractivity contribution in [1.29, 1.82) is 0 Å². The second-order valence-corrected chi connectivity index (χ2v) is 8.32. The zero-order chi connectivity index (χ0) is 19.1. The molecule has 0 spiro atoms. The van der Waals surface area contributed by atoms with Crippen LogP contribution >= 0.6 is 11.6 Å². The Hall–Kier alpha value is -1.68. The van der Waals surface area contributed by atoms with Crippen molar-refractivity contribution in [2.45, 2.75) is 70.8 Å². The number of hydrogen-bond donors (Lipinski definition) is 2. The number of halogens is 1. The van der Waals surface area contributed by atoms with Gasteiger partial charge in [-0.05, 0) is 51.2 Å². The van der Waals surface area contributed by atoms with Gasteiger partial charge >= 0.3 is 5.97 Å². The maximum Gasteiger partial charge on any atom is 0.331 e. The van der Waals surface area contributed by atoms with Crippen molar-refractivity contribution < 1.29 is 19.7 Å². The third kappa shape index (κ3) is 3.32. The van der Waals surface area contributed by atoms with Gasteiger partial charge in [0.15, 0.2) is 0 Å². The highest BCUT2D eigenvalue weighted by Crippen LogP contribution is 2.56. The van der Waals surface area contributed by atoms with Crippen LogP contribution in [0.5, 0.6) is 11.5 Å². The molecule has 1 aromatic carbocycles. The van der Waals surface area contributed by atoms with Crippen LogP contribution in [0, 0.1) is 5.92 Å². The van der Waals surface area contributed by atoms with Gasteiger partial charge in [-0.2, -0.15) is 0 Å². The monoisotopic (exact) mass is 378 g/mol. The van der Waals surface area contributed by atoms with E-state index < -0.39 is 11.6 Å². The minimum atomic E-state index is -0.893. The van der Waals surface area contributed by atoms with Gasteiger partial charge in [0.05, 0.1) is 5.02 Å². The SMILES string of the molecule is CCCCCc1cc(O)c2c(c1Cl)OC(C)(C)C1CCC(C(=O)O)=CC21. The van der Waals surface area contributed by atoms with Crippen LogP contribution in [-0.2, 0) is 11.2 Å². The molecule has 0 saturated heterocycles. The maximum atomic E-state index is 11.5. The van der Waals surface area contributed by atoms with Gasteiger partial charge in [0.1, 0.15) is 17.1 Å². The highest BCUT2D eigenvalue weighted by atomic mass is 35.5. The number of carboxylic acid groups (broad SMARTS) is 1. The summed E-state index contributed by atoms with van der Waals surface area (Å²) in [6, 6.07) is 1.73. The molecule has 0 radical (unpaired) electrons. The van der Waals surface area contributed by atoms with Crippen LogP contribution in [0.15, 0.2) is 17.7 Å². The van der Waals surface area contributed by atoms with E-state index in [9.17, 15) is 15.0 Å². The lowest BCUT2D eigenvalue weighted by molar-refractivity contribution is -0.133. The van der Waals surface area contributed by atoms with Gasteiger partial charge in [0.2, 0.25) is 0 Å². The molecule has 5 heteroatoms. The molecule has 0 fully saturated rings. The summed E-state index contributed by atoms with van der Waals surface area (Å²) in [7, 11) is 0. The molecular formula is C21H27ClO4. The third-order valence-corrected chi connectivity index (χ3v) is 6.18. The van der Waals surface area contributed by atoms with E-state index in [0.29, 0.717) is 34.8 Å². The number of aromatic hydroxyl groups is 1. The fourth-order valence-corrected chi connectivity index (χ4v) is 4.63. The van der Waals surface area contributed by atoms with Crippen LogP contribution in [0.3, 0.4) is 0 Å². The molecule has 1 heterocycles. The zero-order valence-corrected chi connectivity index (χ0v) is 16.4. The zero-order valence-electron chi connectivity index (χ0n) is 15.6. The number of unbranched alkanes of at least 4 members (excludes halogenated alkanes) is 2. The molecule has 1 aromatic rings. The quantitative estimate of drug-likeness (QED) is 0.668. The number of phenolic OH excluding ortho intramolecular Hbond substituents is 1. The lowest BCUT2D eigenvalue weighted by Crippen LogP contribution is -2.45. The molecule has 2 atom stereocenters. The Balaban J connectivity index is 2.09. The number of rotatable bonds is 5. The Morgan fingerprint density at radius 1 is 1.38 bits per heavy atom. The van der Waals surface area contributed by atoms with E-state index >= 15 is 0 Å². The van der Waals surface area contributed by atoms with E-state index in [1.54, 1.807) is 12.1 Å². The molecule has 0 amide bonds. The Bertz CT molecular complexity index is 751. The topological polar surface area (TPSA) is 66.8 Å². The number of ether oxygens (including phenoxy) is 1. The average molecular weight is 379 g/mol. The fraction of sp³-hybridized carbons (Fsp3) is 0.571. The molecule has 4 nitrogen and oxygen atoms in total. The van der Waals surface area contributed by atoms with Gasteiger partial charge in [-0.15, -0.1) is 0 Å².